The van der Waals surface area contributed by atoms with Crippen molar-refractivity contribution in [3.05, 3.63) is 26.1 Å². The first-order valence-electron chi connectivity index (χ1n) is 7.01. The summed E-state index contributed by atoms with van der Waals surface area (Å²) in [5, 5.41) is 7.58. The predicted molar refractivity (Wildman–Crippen MR) is 86.9 cm³/mol. The lowest BCUT2D eigenvalue weighted by atomic mass is 10.1. The molecule has 0 aromatic carbocycles. The van der Waals surface area contributed by atoms with E-state index < -0.39 is 0 Å². The molecule has 0 spiro atoms. The second-order valence-electron chi connectivity index (χ2n) is 5.38. The highest BCUT2D eigenvalue weighted by molar-refractivity contribution is 7.10. The van der Waals surface area contributed by atoms with E-state index in [4.69, 9.17) is 11.6 Å². The maximum Gasteiger partial charge on any atom is 0.138 e. The van der Waals surface area contributed by atoms with Gasteiger partial charge in [0.1, 0.15) is 10.0 Å². The van der Waals surface area contributed by atoms with Gasteiger partial charge in [-0.2, -0.15) is 0 Å². The Morgan fingerprint density at radius 3 is 3.00 bits per heavy atom. The molecule has 8 heteroatoms. The van der Waals surface area contributed by atoms with Crippen LogP contribution in [0.1, 0.15) is 22.7 Å². The van der Waals surface area contributed by atoms with Crippen LogP contribution in [0.25, 0.3) is 0 Å². The van der Waals surface area contributed by atoms with Gasteiger partial charge in [-0.15, -0.1) is 16.4 Å². The van der Waals surface area contributed by atoms with Gasteiger partial charge >= 0.3 is 0 Å². The lowest BCUT2D eigenvalue weighted by Gasteiger charge is -2.24. The summed E-state index contributed by atoms with van der Waals surface area (Å²) in [5.74, 6) is 0.698. The average molecular weight is 344 g/mol. The van der Waals surface area contributed by atoms with Crippen molar-refractivity contribution in [3.8, 4) is 0 Å². The number of nitrogens with one attached hydrogen (secondary N) is 1. The van der Waals surface area contributed by atoms with Gasteiger partial charge < -0.3 is 5.32 Å². The number of aromatic nitrogens is 3. The zero-order chi connectivity index (χ0) is 14.7. The molecule has 0 amide bonds. The van der Waals surface area contributed by atoms with Gasteiger partial charge in [-0.1, -0.05) is 16.1 Å². The van der Waals surface area contributed by atoms with Gasteiger partial charge in [-0.3, -0.25) is 4.90 Å². The van der Waals surface area contributed by atoms with Crippen LogP contribution in [0.15, 0.2) is 5.51 Å². The van der Waals surface area contributed by atoms with Crippen molar-refractivity contribution in [2.75, 3.05) is 19.6 Å². The predicted octanol–water partition coefficient (Wildman–Crippen LogP) is 2.57. The molecule has 1 N–H and O–H groups in total. The molecule has 21 heavy (non-hydrogen) atoms. The number of aryl methyl sites for hydroxylation is 1. The molecule has 1 aliphatic heterocycles. The number of halogens is 1. The minimum absolute atomic E-state index is 0.698. The molecule has 0 bridgehead atoms. The molecule has 5 nitrogen and oxygen atoms in total. The number of rotatable bonds is 6. The molecule has 114 valence electrons. The number of nitrogens with zero attached hydrogens (tertiary/aromatic N) is 4. The van der Waals surface area contributed by atoms with E-state index in [2.05, 4.69) is 31.7 Å². The summed E-state index contributed by atoms with van der Waals surface area (Å²) in [5.41, 5.74) is 3.92. The molecule has 1 saturated heterocycles. The Bertz CT molecular complexity index is 536. The normalized spacial score (nSPS) is 18.7. The highest BCUT2D eigenvalue weighted by Crippen LogP contribution is 2.23. The van der Waals surface area contributed by atoms with Crippen LogP contribution in [0.4, 0.5) is 0 Å². The van der Waals surface area contributed by atoms with Gasteiger partial charge in [-0.05, 0) is 32.4 Å². The number of thiazole rings is 1. The Hall–Kier alpha value is -0.600. The molecule has 2 aromatic heterocycles. The van der Waals surface area contributed by atoms with E-state index in [1.165, 1.54) is 22.8 Å². The molecule has 3 heterocycles. The van der Waals surface area contributed by atoms with Crippen molar-refractivity contribution < 1.29 is 0 Å². The zero-order valence-electron chi connectivity index (χ0n) is 11.9. The molecule has 0 saturated carbocycles. The summed E-state index contributed by atoms with van der Waals surface area (Å²) in [6.07, 6.45) is 1.24. The van der Waals surface area contributed by atoms with E-state index in [-0.39, 0.29) is 0 Å². The van der Waals surface area contributed by atoms with E-state index >= 15 is 0 Å². The molecule has 0 radical (unpaired) electrons. The van der Waals surface area contributed by atoms with Gasteiger partial charge in [0, 0.05) is 36.0 Å². The second-order valence-corrected chi connectivity index (χ2v) is 7.68. The van der Waals surface area contributed by atoms with Crippen molar-refractivity contribution in [3.63, 3.8) is 0 Å². The van der Waals surface area contributed by atoms with Gasteiger partial charge in [0.05, 0.1) is 11.2 Å². The summed E-state index contributed by atoms with van der Waals surface area (Å²) in [4.78, 5) is 8.08. The number of hydrogen-bond donors (Lipinski definition) is 1. The topological polar surface area (TPSA) is 53.9 Å². The summed E-state index contributed by atoms with van der Waals surface area (Å²) in [6, 6.07) is 0. The Kier molecular flexibility index (Phi) is 5.18. The van der Waals surface area contributed by atoms with Crippen LogP contribution in [0.5, 0.6) is 0 Å². The first-order valence-corrected chi connectivity index (χ1v) is 9.04. The molecule has 3 rings (SSSR count). The van der Waals surface area contributed by atoms with Crippen LogP contribution < -0.4 is 5.32 Å². The van der Waals surface area contributed by atoms with E-state index in [1.54, 1.807) is 11.3 Å². The van der Waals surface area contributed by atoms with Crippen LogP contribution >= 0.6 is 34.5 Å². The summed E-state index contributed by atoms with van der Waals surface area (Å²) >= 11 is 9.13. The van der Waals surface area contributed by atoms with Crippen molar-refractivity contribution in [2.45, 2.75) is 26.4 Å². The molecule has 2 aromatic rings. The molecule has 1 fully saturated rings. The van der Waals surface area contributed by atoms with Crippen LogP contribution in [0, 0.1) is 12.8 Å². The van der Waals surface area contributed by atoms with Crippen molar-refractivity contribution in [2.24, 2.45) is 5.92 Å². The molecular weight excluding hydrogens is 326 g/mol. The lowest BCUT2D eigenvalue weighted by molar-refractivity contribution is 0.219. The summed E-state index contributed by atoms with van der Waals surface area (Å²) < 4.78 is 4.63. The zero-order valence-corrected chi connectivity index (χ0v) is 14.3. The Balaban J connectivity index is 1.70. The molecule has 1 unspecified atom stereocenters. The first kappa shape index (κ1) is 15.3. The van der Waals surface area contributed by atoms with Gasteiger partial charge in [-0.25, -0.2) is 4.98 Å². The largest absolute Gasteiger partial charge is 0.316 e. The smallest absolute Gasteiger partial charge is 0.138 e. The maximum atomic E-state index is 6.16. The van der Waals surface area contributed by atoms with E-state index in [0.29, 0.717) is 10.3 Å². The van der Waals surface area contributed by atoms with Crippen LogP contribution in [-0.2, 0) is 13.1 Å². The van der Waals surface area contributed by atoms with Gasteiger partial charge in [0.25, 0.3) is 0 Å². The fraction of sp³-hybridized carbons (Fsp3) is 0.615. The average Bonchev–Trinajstić information content (AvgIpc) is 3.17. The summed E-state index contributed by atoms with van der Waals surface area (Å²) in [6.45, 7) is 7.00. The van der Waals surface area contributed by atoms with E-state index in [1.807, 2.05) is 5.51 Å². The quantitative estimate of drug-likeness (QED) is 0.873. The van der Waals surface area contributed by atoms with Crippen molar-refractivity contribution in [1.29, 1.82) is 0 Å². The third kappa shape index (κ3) is 3.98. The fourth-order valence-electron chi connectivity index (χ4n) is 2.60. The Morgan fingerprint density at radius 1 is 1.48 bits per heavy atom. The molecule has 0 aliphatic carbocycles. The molecule has 1 aliphatic rings. The van der Waals surface area contributed by atoms with Crippen LogP contribution in [-0.4, -0.2) is 39.1 Å². The third-order valence-corrected chi connectivity index (χ3v) is 5.68. The SMILES string of the molecule is Cc1ncsc1CN(Cc1nnsc1Cl)CC1CCNC1. The van der Waals surface area contributed by atoms with Crippen molar-refractivity contribution >= 4 is 34.5 Å². The minimum atomic E-state index is 0.698. The third-order valence-electron chi connectivity index (χ3n) is 3.77. The van der Waals surface area contributed by atoms with Crippen LogP contribution in [0.2, 0.25) is 4.34 Å². The highest BCUT2D eigenvalue weighted by atomic mass is 35.5. The maximum absolute atomic E-state index is 6.16. The van der Waals surface area contributed by atoms with Crippen LogP contribution in [0.3, 0.4) is 0 Å². The lowest BCUT2D eigenvalue weighted by Crippen LogP contribution is -2.30. The Morgan fingerprint density at radius 2 is 2.38 bits per heavy atom. The molecular formula is C13H18ClN5S2. The minimum Gasteiger partial charge on any atom is -0.316 e. The van der Waals surface area contributed by atoms with Crippen molar-refractivity contribution in [1.82, 2.24) is 24.8 Å². The Labute approximate surface area is 137 Å². The standard InChI is InChI=1S/C13H18ClN5S2/c1-9-12(20-8-16-9)7-19(5-10-2-3-15-4-10)6-11-13(14)21-18-17-11/h8,10,15H,2-7H2,1H3. The van der Waals surface area contributed by atoms with Gasteiger partial charge in [0.15, 0.2) is 0 Å². The molecule has 1 atom stereocenters. The van der Waals surface area contributed by atoms with Gasteiger partial charge in [0.2, 0.25) is 0 Å². The monoisotopic (exact) mass is 343 g/mol. The highest BCUT2D eigenvalue weighted by Gasteiger charge is 2.21. The summed E-state index contributed by atoms with van der Waals surface area (Å²) in [7, 11) is 0. The second kappa shape index (κ2) is 7.11. The fourth-order valence-corrected chi connectivity index (χ4v) is 4.03. The van der Waals surface area contributed by atoms with E-state index in [9.17, 15) is 0 Å². The van der Waals surface area contributed by atoms with E-state index in [0.717, 1.165) is 44.1 Å². The number of hydrogen-bond acceptors (Lipinski definition) is 7. The first-order chi connectivity index (χ1) is 10.2.